The highest BCUT2D eigenvalue weighted by molar-refractivity contribution is 5.98. The van der Waals surface area contributed by atoms with Gasteiger partial charge >= 0.3 is 0 Å². The predicted molar refractivity (Wildman–Crippen MR) is 70.2 cm³/mol. The fraction of sp³-hybridized carbons (Fsp3) is 0.125. The van der Waals surface area contributed by atoms with Crippen LogP contribution in [0.4, 0.5) is 0 Å². The third-order valence-electron chi connectivity index (χ3n) is 3.66. The van der Waals surface area contributed by atoms with Gasteiger partial charge in [-0.05, 0) is 34.9 Å². The molecule has 2 heteroatoms. The van der Waals surface area contributed by atoms with Crippen LogP contribution < -0.4 is 0 Å². The van der Waals surface area contributed by atoms with Crippen molar-refractivity contribution in [2.75, 3.05) is 0 Å². The molecule has 4 rings (SSSR count). The maximum absolute atomic E-state index is 11.4. The smallest absolute Gasteiger partial charge is 0.161 e. The Bertz CT molecular complexity index is 713. The van der Waals surface area contributed by atoms with Gasteiger partial charge in [-0.3, -0.25) is 9.78 Å². The maximum Gasteiger partial charge on any atom is 0.161 e. The molecule has 18 heavy (non-hydrogen) atoms. The lowest BCUT2D eigenvalue weighted by atomic mass is 9.99. The Morgan fingerprint density at radius 3 is 2.83 bits per heavy atom. The highest BCUT2D eigenvalue weighted by atomic mass is 16.1. The van der Waals surface area contributed by atoms with Crippen molar-refractivity contribution >= 4 is 11.9 Å². The minimum Gasteiger partial charge on any atom is -0.294 e. The van der Waals surface area contributed by atoms with E-state index in [9.17, 15) is 4.79 Å². The standard InChI is InChI=1S/C16H11NO/c18-13-6-5-11-8-12-7-10-3-1-2-4-14(10)16(12)17-15(11)9-13/h1-6,8H,7,9H2. The average Bonchev–Trinajstić information content (AvgIpc) is 2.74. The van der Waals surface area contributed by atoms with Crippen LogP contribution in [0.1, 0.15) is 22.4 Å². The molecule has 1 aromatic carbocycles. The first-order valence-electron chi connectivity index (χ1n) is 6.13. The van der Waals surface area contributed by atoms with E-state index in [0.29, 0.717) is 6.42 Å². The van der Waals surface area contributed by atoms with Crippen molar-refractivity contribution < 1.29 is 4.79 Å². The number of hydrogen-bond donors (Lipinski definition) is 0. The van der Waals surface area contributed by atoms with E-state index in [0.717, 1.165) is 23.4 Å². The molecule has 2 aromatic rings. The van der Waals surface area contributed by atoms with Gasteiger partial charge in [-0.25, -0.2) is 0 Å². The number of pyridine rings is 1. The number of ketones is 1. The summed E-state index contributed by atoms with van der Waals surface area (Å²) in [5.74, 6) is 0.140. The lowest BCUT2D eigenvalue weighted by molar-refractivity contribution is -0.114. The Morgan fingerprint density at radius 2 is 1.89 bits per heavy atom. The van der Waals surface area contributed by atoms with Crippen LogP contribution in [0.25, 0.3) is 17.3 Å². The van der Waals surface area contributed by atoms with Gasteiger partial charge in [-0.2, -0.15) is 0 Å². The summed E-state index contributed by atoms with van der Waals surface area (Å²) in [6.45, 7) is 0. The molecule has 0 N–H and O–H groups in total. The van der Waals surface area contributed by atoms with Crippen molar-refractivity contribution in [3.05, 3.63) is 58.8 Å². The van der Waals surface area contributed by atoms with Crippen molar-refractivity contribution in [1.82, 2.24) is 4.98 Å². The van der Waals surface area contributed by atoms with E-state index >= 15 is 0 Å². The summed E-state index contributed by atoms with van der Waals surface area (Å²) in [6, 6.07) is 10.5. The maximum atomic E-state index is 11.4. The Balaban J connectivity index is 1.95. The molecule has 86 valence electrons. The number of hydrogen-bond acceptors (Lipinski definition) is 2. The summed E-state index contributed by atoms with van der Waals surface area (Å²) < 4.78 is 0. The molecule has 0 bridgehead atoms. The van der Waals surface area contributed by atoms with E-state index in [-0.39, 0.29) is 5.78 Å². The molecule has 2 aliphatic carbocycles. The molecule has 0 unspecified atom stereocenters. The summed E-state index contributed by atoms with van der Waals surface area (Å²) in [5, 5.41) is 0. The zero-order valence-corrected chi connectivity index (χ0v) is 9.81. The van der Waals surface area contributed by atoms with E-state index in [1.165, 1.54) is 16.7 Å². The molecule has 0 saturated heterocycles. The highest BCUT2D eigenvalue weighted by Gasteiger charge is 2.22. The van der Waals surface area contributed by atoms with Crippen LogP contribution in [0, 0.1) is 0 Å². The molecule has 0 saturated carbocycles. The van der Waals surface area contributed by atoms with E-state index in [1.54, 1.807) is 6.08 Å². The monoisotopic (exact) mass is 233 g/mol. The molecule has 0 fully saturated rings. The third kappa shape index (κ3) is 1.29. The summed E-state index contributed by atoms with van der Waals surface area (Å²) in [4.78, 5) is 16.2. The Hall–Kier alpha value is -2.22. The van der Waals surface area contributed by atoms with Crippen LogP contribution in [0.3, 0.4) is 0 Å². The minimum atomic E-state index is 0.140. The summed E-state index contributed by atoms with van der Waals surface area (Å²) in [6.07, 6.45) is 4.92. The van der Waals surface area contributed by atoms with Crippen LogP contribution in [0.2, 0.25) is 0 Å². The van der Waals surface area contributed by atoms with Gasteiger partial charge in [-0.15, -0.1) is 0 Å². The molecule has 2 aliphatic rings. The van der Waals surface area contributed by atoms with E-state index in [1.807, 2.05) is 12.1 Å². The summed E-state index contributed by atoms with van der Waals surface area (Å²) in [5.41, 5.74) is 6.90. The number of allylic oxidation sites excluding steroid dienone is 1. The second kappa shape index (κ2) is 3.39. The highest BCUT2D eigenvalue weighted by Crippen LogP contribution is 2.36. The van der Waals surface area contributed by atoms with Gasteiger partial charge in [0.05, 0.1) is 17.8 Å². The van der Waals surface area contributed by atoms with Crippen molar-refractivity contribution in [2.24, 2.45) is 0 Å². The number of fused-ring (bicyclic) bond motifs is 4. The SMILES string of the molecule is O=C1C=Cc2cc3c(nc2C1)-c1ccccc1C3. The first-order valence-corrected chi connectivity index (χ1v) is 6.13. The fourth-order valence-electron chi connectivity index (χ4n) is 2.78. The number of nitrogens with zero attached hydrogens (tertiary/aromatic N) is 1. The molecule has 0 aliphatic heterocycles. The molecular formula is C16H11NO. The average molecular weight is 233 g/mol. The Labute approximate surface area is 105 Å². The molecule has 0 atom stereocenters. The van der Waals surface area contributed by atoms with Crippen LogP contribution in [-0.4, -0.2) is 10.8 Å². The number of aromatic nitrogens is 1. The normalized spacial score (nSPS) is 15.2. The van der Waals surface area contributed by atoms with Gasteiger partial charge in [-0.1, -0.05) is 24.3 Å². The van der Waals surface area contributed by atoms with E-state index in [4.69, 9.17) is 4.98 Å². The summed E-state index contributed by atoms with van der Waals surface area (Å²) in [7, 11) is 0. The number of rotatable bonds is 0. The summed E-state index contributed by atoms with van der Waals surface area (Å²) >= 11 is 0. The van der Waals surface area contributed by atoms with E-state index in [2.05, 4.69) is 24.3 Å². The lowest BCUT2D eigenvalue weighted by Gasteiger charge is -2.11. The Morgan fingerprint density at radius 1 is 1.00 bits per heavy atom. The van der Waals surface area contributed by atoms with Gasteiger partial charge in [0.25, 0.3) is 0 Å². The van der Waals surface area contributed by atoms with Gasteiger partial charge in [0.2, 0.25) is 0 Å². The van der Waals surface area contributed by atoms with Gasteiger partial charge in [0.15, 0.2) is 5.78 Å². The predicted octanol–water partition coefficient (Wildman–Crippen LogP) is 2.79. The van der Waals surface area contributed by atoms with Crippen LogP contribution in [0.15, 0.2) is 36.4 Å². The fourth-order valence-corrected chi connectivity index (χ4v) is 2.78. The minimum absolute atomic E-state index is 0.140. The van der Waals surface area contributed by atoms with Crippen molar-refractivity contribution in [3.8, 4) is 11.3 Å². The molecule has 2 nitrogen and oxygen atoms in total. The molecular weight excluding hydrogens is 222 g/mol. The first-order chi connectivity index (χ1) is 8.81. The Kier molecular flexibility index (Phi) is 1.84. The third-order valence-corrected chi connectivity index (χ3v) is 3.66. The van der Waals surface area contributed by atoms with Crippen molar-refractivity contribution in [2.45, 2.75) is 12.8 Å². The number of carbonyl (C=O) groups is 1. The number of benzene rings is 1. The van der Waals surface area contributed by atoms with Crippen LogP contribution >= 0.6 is 0 Å². The quantitative estimate of drug-likeness (QED) is 0.597. The first kappa shape index (κ1) is 9.77. The molecule has 1 heterocycles. The van der Waals surface area contributed by atoms with Crippen molar-refractivity contribution in [1.29, 1.82) is 0 Å². The molecule has 0 spiro atoms. The van der Waals surface area contributed by atoms with Gasteiger partial charge in [0.1, 0.15) is 0 Å². The second-order valence-electron chi connectivity index (χ2n) is 4.84. The zero-order valence-electron chi connectivity index (χ0n) is 9.81. The second-order valence-corrected chi connectivity index (χ2v) is 4.84. The molecule has 0 radical (unpaired) electrons. The van der Waals surface area contributed by atoms with Gasteiger partial charge in [0, 0.05) is 12.0 Å². The topological polar surface area (TPSA) is 30.0 Å². The van der Waals surface area contributed by atoms with Crippen LogP contribution in [0.5, 0.6) is 0 Å². The van der Waals surface area contributed by atoms with Gasteiger partial charge < -0.3 is 0 Å². The molecule has 1 aromatic heterocycles. The van der Waals surface area contributed by atoms with E-state index < -0.39 is 0 Å². The molecule has 0 amide bonds. The van der Waals surface area contributed by atoms with Crippen LogP contribution in [-0.2, 0) is 17.6 Å². The lowest BCUT2D eigenvalue weighted by Crippen LogP contribution is -2.08. The largest absolute Gasteiger partial charge is 0.294 e. The van der Waals surface area contributed by atoms with Crippen molar-refractivity contribution in [3.63, 3.8) is 0 Å². The zero-order chi connectivity index (χ0) is 12.1. The number of carbonyl (C=O) groups excluding carboxylic acids is 1.